The molecular weight excluding hydrogens is 144 g/mol. The van der Waals surface area contributed by atoms with Gasteiger partial charge in [-0.15, -0.1) is 0 Å². The minimum absolute atomic E-state index is 1.05. The third-order valence-corrected chi connectivity index (χ3v) is 3.68. The maximum Gasteiger partial charge on any atom is -0.0210 e. The van der Waals surface area contributed by atoms with Crippen molar-refractivity contribution in [3.63, 3.8) is 0 Å². The zero-order chi connectivity index (χ0) is 8.23. The molecular formula is C12H21. The first kappa shape index (κ1) is 8.59. The van der Waals surface area contributed by atoms with Crippen LogP contribution in [0.1, 0.15) is 64.2 Å². The first-order valence-electron chi connectivity index (χ1n) is 5.81. The summed E-state index contributed by atoms with van der Waals surface area (Å²) >= 11 is 0. The third-order valence-electron chi connectivity index (χ3n) is 3.68. The molecule has 0 heteroatoms. The minimum Gasteiger partial charge on any atom is -0.0533 e. The molecule has 0 spiro atoms. The van der Waals surface area contributed by atoms with E-state index in [-0.39, 0.29) is 0 Å². The molecule has 2 aliphatic carbocycles. The molecule has 0 aromatic carbocycles. The fourth-order valence-electron chi connectivity index (χ4n) is 2.92. The van der Waals surface area contributed by atoms with Crippen LogP contribution in [0, 0.1) is 11.8 Å². The van der Waals surface area contributed by atoms with Gasteiger partial charge in [0.2, 0.25) is 0 Å². The summed E-state index contributed by atoms with van der Waals surface area (Å²) in [5.41, 5.74) is 0. The van der Waals surface area contributed by atoms with Crippen molar-refractivity contribution in [1.29, 1.82) is 0 Å². The van der Waals surface area contributed by atoms with Crippen molar-refractivity contribution in [3.05, 3.63) is 5.92 Å². The van der Waals surface area contributed by atoms with E-state index >= 15 is 0 Å². The van der Waals surface area contributed by atoms with Crippen LogP contribution in [0.4, 0.5) is 0 Å². The lowest BCUT2D eigenvalue weighted by molar-refractivity contribution is 0.455. The molecule has 0 aromatic heterocycles. The molecule has 0 saturated heterocycles. The summed E-state index contributed by atoms with van der Waals surface area (Å²) in [6, 6.07) is 0. The van der Waals surface area contributed by atoms with E-state index in [0.717, 1.165) is 5.92 Å². The van der Waals surface area contributed by atoms with Gasteiger partial charge in [0.25, 0.3) is 0 Å². The monoisotopic (exact) mass is 165 g/mol. The van der Waals surface area contributed by atoms with Crippen LogP contribution in [-0.4, -0.2) is 0 Å². The van der Waals surface area contributed by atoms with Gasteiger partial charge < -0.3 is 0 Å². The second kappa shape index (κ2) is 4.30. The topological polar surface area (TPSA) is 0 Å². The van der Waals surface area contributed by atoms with Gasteiger partial charge in [0.1, 0.15) is 0 Å². The lowest BCUT2D eigenvalue weighted by Gasteiger charge is -2.21. The van der Waals surface area contributed by atoms with E-state index in [1.54, 1.807) is 0 Å². The molecule has 0 aliphatic heterocycles. The smallest absolute Gasteiger partial charge is 0.0210 e. The van der Waals surface area contributed by atoms with Gasteiger partial charge in [0, 0.05) is 0 Å². The summed E-state index contributed by atoms with van der Waals surface area (Å²) in [4.78, 5) is 0. The van der Waals surface area contributed by atoms with Crippen molar-refractivity contribution in [1.82, 2.24) is 0 Å². The zero-order valence-corrected chi connectivity index (χ0v) is 8.15. The Morgan fingerprint density at radius 2 is 1.25 bits per heavy atom. The predicted octanol–water partition coefficient (Wildman–Crippen LogP) is 4.11. The largest absolute Gasteiger partial charge is 0.0533 e. The summed E-state index contributed by atoms with van der Waals surface area (Å²) in [5.74, 6) is 3.00. The average molecular weight is 165 g/mol. The number of hydrogen-bond donors (Lipinski definition) is 0. The maximum absolute atomic E-state index is 1.95. The number of fused-ring (bicyclic) bond motifs is 1. The van der Waals surface area contributed by atoms with Gasteiger partial charge in [0.05, 0.1) is 0 Å². The molecule has 0 heterocycles. The first-order chi connectivity index (χ1) is 5.97. The summed E-state index contributed by atoms with van der Waals surface area (Å²) in [7, 11) is 0. The lowest BCUT2D eigenvalue weighted by Crippen LogP contribution is -2.08. The SMILES string of the molecule is C1CC[C]2CCCCCC2CC1. The fraction of sp³-hybridized carbons (Fsp3) is 0.917. The lowest BCUT2D eigenvalue weighted by atomic mass is 9.84. The van der Waals surface area contributed by atoms with Crippen molar-refractivity contribution in [3.8, 4) is 0 Å². The Hall–Kier alpha value is 0. The van der Waals surface area contributed by atoms with Crippen LogP contribution < -0.4 is 0 Å². The molecule has 2 fully saturated rings. The van der Waals surface area contributed by atoms with Gasteiger partial charge in [-0.05, 0) is 37.5 Å². The quantitative estimate of drug-likeness (QED) is 0.507. The Labute approximate surface area is 76.7 Å². The van der Waals surface area contributed by atoms with Crippen molar-refractivity contribution < 1.29 is 0 Å². The Morgan fingerprint density at radius 1 is 0.667 bits per heavy atom. The summed E-state index contributed by atoms with van der Waals surface area (Å²) in [6.45, 7) is 0. The molecule has 2 aliphatic rings. The molecule has 0 aromatic rings. The molecule has 0 unspecified atom stereocenters. The molecule has 0 amide bonds. The summed E-state index contributed by atoms with van der Waals surface area (Å²) in [5, 5.41) is 0. The predicted molar refractivity (Wildman–Crippen MR) is 52.9 cm³/mol. The van der Waals surface area contributed by atoms with Crippen molar-refractivity contribution >= 4 is 0 Å². The highest BCUT2D eigenvalue weighted by atomic mass is 14.3. The summed E-state index contributed by atoms with van der Waals surface area (Å²) in [6.07, 6.45) is 15.0. The van der Waals surface area contributed by atoms with E-state index in [2.05, 4.69) is 0 Å². The van der Waals surface area contributed by atoms with E-state index in [0.29, 0.717) is 0 Å². The molecule has 2 saturated carbocycles. The Balaban J connectivity index is 1.94. The van der Waals surface area contributed by atoms with Gasteiger partial charge in [-0.1, -0.05) is 38.5 Å². The third kappa shape index (κ3) is 2.02. The minimum atomic E-state index is 1.05. The van der Waals surface area contributed by atoms with Crippen LogP contribution in [-0.2, 0) is 0 Å². The van der Waals surface area contributed by atoms with Crippen molar-refractivity contribution in [2.24, 2.45) is 5.92 Å². The van der Waals surface area contributed by atoms with E-state index in [1.165, 1.54) is 64.2 Å². The van der Waals surface area contributed by atoms with E-state index in [9.17, 15) is 0 Å². The highest BCUT2D eigenvalue weighted by Gasteiger charge is 2.24. The number of hydrogen-bond acceptors (Lipinski definition) is 0. The number of rotatable bonds is 0. The summed E-state index contributed by atoms with van der Waals surface area (Å²) < 4.78 is 0. The first-order valence-corrected chi connectivity index (χ1v) is 5.81. The zero-order valence-electron chi connectivity index (χ0n) is 8.15. The van der Waals surface area contributed by atoms with E-state index in [4.69, 9.17) is 0 Å². The van der Waals surface area contributed by atoms with Gasteiger partial charge in [-0.3, -0.25) is 0 Å². The molecule has 0 bridgehead atoms. The highest BCUT2D eigenvalue weighted by Crippen LogP contribution is 2.39. The second-order valence-corrected chi connectivity index (χ2v) is 4.55. The Morgan fingerprint density at radius 3 is 1.83 bits per heavy atom. The molecule has 2 rings (SSSR count). The highest BCUT2D eigenvalue weighted by molar-refractivity contribution is 4.99. The Bertz CT molecular complexity index is 100. The maximum atomic E-state index is 1.95. The van der Waals surface area contributed by atoms with Crippen LogP contribution in [0.3, 0.4) is 0 Å². The van der Waals surface area contributed by atoms with Crippen LogP contribution in [0.2, 0.25) is 0 Å². The second-order valence-electron chi connectivity index (χ2n) is 4.55. The van der Waals surface area contributed by atoms with Gasteiger partial charge in [0.15, 0.2) is 0 Å². The van der Waals surface area contributed by atoms with Crippen LogP contribution >= 0.6 is 0 Å². The van der Waals surface area contributed by atoms with Gasteiger partial charge >= 0.3 is 0 Å². The Kier molecular flexibility index (Phi) is 3.08. The van der Waals surface area contributed by atoms with E-state index < -0.39 is 0 Å². The molecule has 69 valence electrons. The normalized spacial score (nSPS) is 29.0. The molecule has 0 atom stereocenters. The van der Waals surface area contributed by atoms with Gasteiger partial charge in [-0.25, -0.2) is 0 Å². The fourth-order valence-corrected chi connectivity index (χ4v) is 2.92. The molecule has 0 N–H and O–H groups in total. The van der Waals surface area contributed by atoms with Crippen LogP contribution in [0.25, 0.3) is 0 Å². The molecule has 12 heavy (non-hydrogen) atoms. The average Bonchev–Trinajstić information content (AvgIpc) is 2.38. The van der Waals surface area contributed by atoms with Crippen LogP contribution in [0.15, 0.2) is 0 Å². The van der Waals surface area contributed by atoms with Crippen LogP contribution in [0.5, 0.6) is 0 Å². The van der Waals surface area contributed by atoms with Crippen molar-refractivity contribution in [2.75, 3.05) is 0 Å². The van der Waals surface area contributed by atoms with Gasteiger partial charge in [-0.2, -0.15) is 0 Å². The molecule has 1 radical (unpaired) electrons. The van der Waals surface area contributed by atoms with Crippen molar-refractivity contribution in [2.45, 2.75) is 64.2 Å². The van der Waals surface area contributed by atoms with E-state index in [1.807, 2.05) is 5.92 Å². The standard InChI is InChI=1S/C12H21/c1-3-7-11-9-5-2-6-10-12(11)8-4-1/h11H,1-10H2. The molecule has 0 nitrogen and oxygen atoms in total.